The van der Waals surface area contributed by atoms with Gasteiger partial charge >= 0.3 is 37.7 Å². The standard InChI is InChI=1S/C11H8O4S.2Li.H2O/c12-11(13)8-2-1-7-3-4-10(16(14)15)6-9(7)5-8;;;/h1-6H,(H,12,13)(H,14,15);;;1H2/q;2*+1;/p-3. The second kappa shape index (κ2) is 8.57. The molecule has 1 N–H and O–H groups in total. The van der Waals surface area contributed by atoms with Crippen molar-refractivity contribution in [2.75, 3.05) is 0 Å². The van der Waals surface area contributed by atoms with Crippen LogP contribution in [0.1, 0.15) is 10.4 Å². The Kier molecular flexibility index (Phi) is 9.36. The summed E-state index contributed by atoms with van der Waals surface area (Å²) in [5, 5.41) is 12.0. The molecule has 2 aromatic carbocycles. The van der Waals surface area contributed by atoms with Gasteiger partial charge < -0.3 is 19.9 Å². The predicted molar refractivity (Wildman–Crippen MR) is 57.4 cm³/mol. The number of carbonyl (C=O) groups excluding carboxylic acids is 1. The number of hydrogen-bond acceptors (Lipinski definition) is 5. The van der Waals surface area contributed by atoms with Crippen molar-refractivity contribution in [1.29, 1.82) is 0 Å². The van der Waals surface area contributed by atoms with Gasteiger partial charge in [-0.1, -0.05) is 18.2 Å². The largest absolute Gasteiger partial charge is 1.00 e. The summed E-state index contributed by atoms with van der Waals surface area (Å²) < 4.78 is 21.5. The van der Waals surface area contributed by atoms with Crippen molar-refractivity contribution in [3.05, 3.63) is 42.0 Å². The zero-order chi connectivity index (χ0) is 11.7. The number of carboxylic acids is 1. The predicted octanol–water partition coefficient (Wildman–Crippen LogP) is -5.73. The van der Waals surface area contributed by atoms with Gasteiger partial charge in [-0.3, -0.25) is 4.21 Å². The molecule has 0 radical (unpaired) electrons. The van der Waals surface area contributed by atoms with E-state index in [0.717, 1.165) is 5.39 Å². The van der Waals surface area contributed by atoms with Gasteiger partial charge in [0.05, 0.1) is 5.97 Å². The maximum atomic E-state index is 10.7. The first-order valence-electron chi connectivity index (χ1n) is 4.42. The monoisotopic (exact) mass is 265 g/mol. The molecule has 0 aliphatic heterocycles. The Bertz CT molecular complexity index is 554. The molecule has 1 unspecified atom stereocenters. The topological polar surface area (TPSA) is 110 Å². The van der Waals surface area contributed by atoms with Crippen molar-refractivity contribution >= 4 is 27.8 Å². The van der Waals surface area contributed by atoms with Gasteiger partial charge in [0.15, 0.2) is 0 Å². The van der Waals surface area contributed by atoms with E-state index in [4.69, 9.17) is 0 Å². The molecule has 0 aliphatic rings. The molecule has 0 amide bonds. The summed E-state index contributed by atoms with van der Waals surface area (Å²) in [7, 11) is 0. The molecule has 2 rings (SSSR count). The van der Waals surface area contributed by atoms with Crippen LogP contribution in [0.2, 0.25) is 0 Å². The summed E-state index contributed by atoms with van der Waals surface area (Å²) in [6, 6.07) is 8.93. The fourth-order valence-corrected chi connectivity index (χ4v) is 1.86. The number of aromatic carboxylic acids is 1. The molecule has 0 saturated carbocycles. The zero-order valence-electron chi connectivity index (χ0n) is 10.5. The second-order valence-electron chi connectivity index (χ2n) is 3.25. The fourth-order valence-electron chi connectivity index (χ4n) is 1.46. The fraction of sp³-hybridized carbons (Fsp3) is 0. The summed E-state index contributed by atoms with van der Waals surface area (Å²) >= 11 is -2.32. The van der Waals surface area contributed by atoms with Crippen LogP contribution in [-0.2, 0) is 11.1 Å². The van der Waals surface area contributed by atoms with Crippen molar-refractivity contribution in [3.63, 3.8) is 0 Å². The van der Waals surface area contributed by atoms with Gasteiger partial charge in [0.1, 0.15) is 0 Å². The molecule has 0 aromatic heterocycles. The molecule has 90 valence electrons. The van der Waals surface area contributed by atoms with Gasteiger partial charge in [-0.2, -0.15) is 0 Å². The average Bonchev–Trinajstić information content (AvgIpc) is 2.27. The Morgan fingerprint density at radius 3 is 2.11 bits per heavy atom. The first kappa shape index (κ1) is 20.7. The molecule has 0 heterocycles. The van der Waals surface area contributed by atoms with E-state index in [9.17, 15) is 18.7 Å². The van der Waals surface area contributed by atoms with E-state index < -0.39 is 17.0 Å². The van der Waals surface area contributed by atoms with Crippen molar-refractivity contribution in [1.82, 2.24) is 0 Å². The summed E-state index contributed by atoms with van der Waals surface area (Å²) in [5.41, 5.74) is 0.0290. The molecule has 2 aromatic rings. The molecule has 0 saturated heterocycles. The van der Waals surface area contributed by atoms with Gasteiger partial charge in [-0.05, 0) is 45.6 Å². The van der Waals surface area contributed by atoms with Crippen LogP contribution in [0.5, 0.6) is 0 Å². The molecular weight excluding hydrogens is 258 g/mol. The van der Waals surface area contributed by atoms with Crippen LogP contribution >= 0.6 is 0 Å². The van der Waals surface area contributed by atoms with Crippen LogP contribution in [0.4, 0.5) is 0 Å². The van der Waals surface area contributed by atoms with E-state index in [1.54, 1.807) is 12.1 Å². The Hall–Kier alpha value is -0.565. The van der Waals surface area contributed by atoms with E-state index in [1.807, 2.05) is 0 Å². The summed E-state index contributed by atoms with van der Waals surface area (Å²) in [4.78, 5) is 10.8. The molecule has 0 fully saturated rings. The van der Waals surface area contributed by atoms with Gasteiger partial charge in [0, 0.05) is 4.90 Å². The molecule has 8 heteroatoms. The van der Waals surface area contributed by atoms with E-state index in [0.29, 0.717) is 5.39 Å². The van der Waals surface area contributed by atoms with Crippen LogP contribution in [-0.4, -0.2) is 20.2 Å². The maximum absolute atomic E-state index is 10.7. The van der Waals surface area contributed by atoms with Crippen LogP contribution in [0, 0.1) is 0 Å². The minimum absolute atomic E-state index is 0. The van der Waals surface area contributed by atoms with Gasteiger partial charge in [-0.15, -0.1) is 0 Å². The van der Waals surface area contributed by atoms with Crippen molar-refractivity contribution in [2.24, 2.45) is 0 Å². The second-order valence-corrected chi connectivity index (χ2v) is 4.19. The Balaban J connectivity index is 0. The first-order valence-corrected chi connectivity index (χ1v) is 5.50. The van der Waals surface area contributed by atoms with Gasteiger partial charge in [0.25, 0.3) is 0 Å². The number of fused-ring (bicyclic) bond motifs is 1. The summed E-state index contributed by atoms with van der Waals surface area (Å²) in [5.74, 6) is -1.28. The SMILES string of the molecule is O=C([O-])c1ccc2ccc(S(=O)[O-])cc2c1.[Li+].[Li+].[OH-]. The average molecular weight is 265 g/mol. The molecule has 0 spiro atoms. The van der Waals surface area contributed by atoms with Gasteiger partial charge in [-0.25, -0.2) is 0 Å². The maximum Gasteiger partial charge on any atom is 1.00 e. The number of rotatable bonds is 2. The van der Waals surface area contributed by atoms with Crippen molar-refractivity contribution in [2.45, 2.75) is 4.90 Å². The molecule has 1 atom stereocenters. The van der Waals surface area contributed by atoms with Crippen LogP contribution in [0.3, 0.4) is 0 Å². The Morgan fingerprint density at radius 1 is 1.00 bits per heavy atom. The Morgan fingerprint density at radius 2 is 1.58 bits per heavy atom. The van der Waals surface area contributed by atoms with Crippen molar-refractivity contribution in [3.8, 4) is 0 Å². The first-order chi connectivity index (χ1) is 7.58. The third-order valence-corrected chi connectivity index (χ3v) is 2.88. The smallest absolute Gasteiger partial charge is 0.870 e. The third-order valence-electron chi connectivity index (χ3n) is 2.24. The van der Waals surface area contributed by atoms with E-state index in [-0.39, 0.29) is 53.7 Å². The van der Waals surface area contributed by atoms with Crippen LogP contribution in [0.25, 0.3) is 10.8 Å². The third kappa shape index (κ3) is 4.79. The summed E-state index contributed by atoms with van der Waals surface area (Å²) in [6.45, 7) is 0. The molecule has 0 bridgehead atoms. The van der Waals surface area contributed by atoms with Crippen LogP contribution < -0.4 is 42.8 Å². The number of hydrogen-bond donors (Lipinski definition) is 0. The minimum Gasteiger partial charge on any atom is -0.870 e. The normalized spacial score (nSPS) is 10.6. The van der Waals surface area contributed by atoms with E-state index in [1.165, 1.54) is 24.3 Å². The van der Waals surface area contributed by atoms with E-state index >= 15 is 0 Å². The Labute approximate surface area is 136 Å². The number of carboxylic acid groups (broad SMARTS) is 1. The summed E-state index contributed by atoms with van der Waals surface area (Å²) in [6.07, 6.45) is 0. The van der Waals surface area contributed by atoms with Crippen molar-refractivity contribution < 1.29 is 61.9 Å². The zero-order valence-corrected chi connectivity index (χ0v) is 11.3. The molecule has 0 aliphatic carbocycles. The van der Waals surface area contributed by atoms with E-state index in [2.05, 4.69) is 0 Å². The molecule has 5 nitrogen and oxygen atoms in total. The number of benzene rings is 2. The number of carbonyl (C=O) groups is 1. The minimum atomic E-state index is -2.32. The van der Waals surface area contributed by atoms with Crippen LogP contribution in [0.15, 0.2) is 41.3 Å². The molecule has 19 heavy (non-hydrogen) atoms. The van der Waals surface area contributed by atoms with Gasteiger partial charge in [0.2, 0.25) is 0 Å². The molecular formula is C11H7Li2O5S-. The quantitative estimate of drug-likeness (QED) is 0.397.